The van der Waals surface area contributed by atoms with Gasteiger partial charge in [-0.25, -0.2) is 9.97 Å². The molecule has 2 N–H and O–H groups in total. The number of hydrogen-bond acceptors (Lipinski definition) is 7. The predicted octanol–water partition coefficient (Wildman–Crippen LogP) is 3.46. The highest BCUT2D eigenvalue weighted by Crippen LogP contribution is 2.32. The lowest BCUT2D eigenvalue weighted by atomic mass is 10.2. The zero-order valence-electron chi connectivity index (χ0n) is 16.7. The van der Waals surface area contributed by atoms with E-state index in [0.717, 1.165) is 47.4 Å². The molecular weight excluding hydrogens is 366 g/mol. The maximum absolute atomic E-state index is 5.46. The van der Waals surface area contributed by atoms with Gasteiger partial charge in [-0.05, 0) is 31.8 Å². The predicted molar refractivity (Wildman–Crippen MR) is 114 cm³/mol. The highest BCUT2D eigenvalue weighted by atomic mass is 16.7. The molecular formula is C22H25N5O2. The number of nitrogens with zero attached hydrogens (tertiary/aromatic N) is 3. The summed E-state index contributed by atoms with van der Waals surface area (Å²) < 4.78 is 10.8. The molecule has 0 amide bonds. The molecule has 0 unspecified atom stereocenters. The molecule has 7 heteroatoms. The van der Waals surface area contributed by atoms with Gasteiger partial charge in [-0.15, -0.1) is 0 Å². The van der Waals surface area contributed by atoms with E-state index in [4.69, 9.17) is 14.5 Å². The van der Waals surface area contributed by atoms with Gasteiger partial charge in [0, 0.05) is 31.3 Å². The lowest BCUT2D eigenvalue weighted by Gasteiger charge is -2.14. The summed E-state index contributed by atoms with van der Waals surface area (Å²) in [7, 11) is 4.10. The van der Waals surface area contributed by atoms with Gasteiger partial charge in [-0.3, -0.25) is 0 Å². The summed E-state index contributed by atoms with van der Waals surface area (Å²) in [5.41, 5.74) is 2.08. The number of nitrogens with one attached hydrogen (secondary N) is 2. The lowest BCUT2D eigenvalue weighted by Crippen LogP contribution is -2.21. The van der Waals surface area contributed by atoms with E-state index < -0.39 is 0 Å². The van der Waals surface area contributed by atoms with Crippen LogP contribution in [0, 0.1) is 0 Å². The second-order valence-corrected chi connectivity index (χ2v) is 7.10. The summed E-state index contributed by atoms with van der Waals surface area (Å²) in [5, 5.41) is 6.79. The quantitative estimate of drug-likeness (QED) is 0.609. The van der Waals surface area contributed by atoms with Crippen LogP contribution in [0.3, 0.4) is 0 Å². The Kier molecular flexibility index (Phi) is 5.76. The van der Waals surface area contributed by atoms with Crippen LogP contribution in [0.1, 0.15) is 5.56 Å². The van der Waals surface area contributed by atoms with Crippen molar-refractivity contribution in [1.29, 1.82) is 0 Å². The topological polar surface area (TPSA) is 71.5 Å². The normalized spacial score (nSPS) is 12.2. The van der Waals surface area contributed by atoms with Gasteiger partial charge in [0.05, 0.1) is 0 Å². The van der Waals surface area contributed by atoms with E-state index in [-0.39, 0.29) is 6.79 Å². The van der Waals surface area contributed by atoms with Gasteiger partial charge in [-0.1, -0.05) is 36.4 Å². The first-order chi connectivity index (χ1) is 14.2. The smallest absolute Gasteiger partial charge is 0.231 e. The molecule has 0 saturated carbocycles. The van der Waals surface area contributed by atoms with E-state index in [2.05, 4.69) is 34.6 Å². The zero-order valence-corrected chi connectivity index (χ0v) is 16.7. The van der Waals surface area contributed by atoms with E-state index in [1.165, 1.54) is 0 Å². The molecule has 0 atom stereocenters. The van der Waals surface area contributed by atoms with E-state index in [1.54, 1.807) is 0 Å². The molecule has 0 radical (unpaired) electrons. The molecule has 3 aromatic rings. The van der Waals surface area contributed by atoms with Crippen molar-refractivity contribution in [3.8, 4) is 22.9 Å². The van der Waals surface area contributed by atoms with Gasteiger partial charge in [0.2, 0.25) is 6.79 Å². The Hall–Kier alpha value is -3.32. The number of likely N-dealkylation sites (N-methyl/N-ethyl adjacent to an activating group) is 1. The summed E-state index contributed by atoms with van der Waals surface area (Å²) in [5.74, 6) is 3.82. The maximum Gasteiger partial charge on any atom is 0.231 e. The van der Waals surface area contributed by atoms with Crippen LogP contribution in [0.2, 0.25) is 0 Å². The molecule has 0 saturated heterocycles. The van der Waals surface area contributed by atoms with Crippen molar-refractivity contribution in [3.63, 3.8) is 0 Å². The minimum atomic E-state index is 0.278. The van der Waals surface area contributed by atoms with Crippen LogP contribution >= 0.6 is 0 Å². The van der Waals surface area contributed by atoms with Gasteiger partial charge in [0.15, 0.2) is 17.3 Å². The average Bonchev–Trinajstić information content (AvgIpc) is 3.20. The molecule has 0 fully saturated rings. The number of fused-ring (bicyclic) bond motifs is 1. The fourth-order valence-electron chi connectivity index (χ4n) is 3.00. The Morgan fingerprint density at radius 3 is 2.45 bits per heavy atom. The van der Waals surface area contributed by atoms with Gasteiger partial charge in [-0.2, -0.15) is 0 Å². The van der Waals surface area contributed by atoms with Gasteiger partial charge in [0.25, 0.3) is 0 Å². The third kappa shape index (κ3) is 4.94. The number of hydrogen-bond donors (Lipinski definition) is 2. The summed E-state index contributed by atoms with van der Waals surface area (Å²) in [6.07, 6.45) is 0. The first kappa shape index (κ1) is 19.0. The van der Waals surface area contributed by atoms with Crippen LogP contribution in [0.4, 0.5) is 11.6 Å². The fraction of sp³-hybridized carbons (Fsp3) is 0.273. The largest absolute Gasteiger partial charge is 0.454 e. The van der Waals surface area contributed by atoms with Crippen molar-refractivity contribution in [2.75, 3.05) is 44.6 Å². The lowest BCUT2D eigenvalue weighted by molar-refractivity contribution is 0.174. The summed E-state index contributed by atoms with van der Waals surface area (Å²) in [6, 6.07) is 17.9. The number of anilines is 2. The Bertz CT molecular complexity index is 963. The van der Waals surface area contributed by atoms with Gasteiger partial charge >= 0.3 is 0 Å². The first-order valence-electron chi connectivity index (χ1n) is 9.63. The maximum atomic E-state index is 5.46. The summed E-state index contributed by atoms with van der Waals surface area (Å²) in [4.78, 5) is 11.5. The third-order valence-corrected chi connectivity index (χ3v) is 4.53. The Morgan fingerprint density at radius 1 is 0.897 bits per heavy atom. The van der Waals surface area contributed by atoms with Crippen LogP contribution in [0.25, 0.3) is 11.4 Å². The van der Waals surface area contributed by atoms with E-state index in [9.17, 15) is 0 Å². The van der Waals surface area contributed by atoms with Crippen LogP contribution < -0.4 is 20.1 Å². The van der Waals surface area contributed by atoms with Gasteiger partial charge < -0.3 is 25.0 Å². The fourth-order valence-corrected chi connectivity index (χ4v) is 3.00. The molecule has 1 aromatic heterocycles. The Balaban J connectivity index is 1.52. The SMILES string of the molecule is CN(C)CCNc1cc(NCc2ccc3c(c2)OCO3)nc(-c2ccccc2)n1. The van der Waals surface area contributed by atoms with E-state index in [1.807, 2.05) is 54.6 Å². The molecule has 2 heterocycles. The first-order valence-corrected chi connectivity index (χ1v) is 9.63. The number of ether oxygens (including phenoxy) is 2. The van der Waals surface area contributed by atoms with Crippen LogP contribution in [0.5, 0.6) is 11.5 Å². The van der Waals surface area contributed by atoms with Crippen molar-refractivity contribution in [2.24, 2.45) is 0 Å². The van der Waals surface area contributed by atoms with Crippen molar-refractivity contribution >= 4 is 11.6 Å². The number of aromatic nitrogens is 2. The summed E-state index contributed by atoms with van der Waals surface area (Å²) >= 11 is 0. The Morgan fingerprint density at radius 2 is 1.66 bits per heavy atom. The number of benzene rings is 2. The third-order valence-electron chi connectivity index (χ3n) is 4.53. The second-order valence-electron chi connectivity index (χ2n) is 7.10. The van der Waals surface area contributed by atoms with E-state index >= 15 is 0 Å². The monoisotopic (exact) mass is 391 g/mol. The molecule has 0 aliphatic carbocycles. The molecule has 0 bridgehead atoms. The number of rotatable bonds is 8. The minimum absolute atomic E-state index is 0.278. The van der Waals surface area contributed by atoms with Crippen molar-refractivity contribution in [2.45, 2.75) is 6.54 Å². The minimum Gasteiger partial charge on any atom is -0.454 e. The van der Waals surface area contributed by atoms with E-state index in [0.29, 0.717) is 12.4 Å². The summed E-state index contributed by atoms with van der Waals surface area (Å²) in [6.45, 7) is 2.63. The average molecular weight is 391 g/mol. The molecule has 150 valence electrons. The van der Waals surface area contributed by atoms with Crippen molar-refractivity contribution in [3.05, 3.63) is 60.2 Å². The van der Waals surface area contributed by atoms with Crippen LogP contribution in [0.15, 0.2) is 54.6 Å². The molecule has 4 rings (SSSR count). The second kappa shape index (κ2) is 8.79. The van der Waals surface area contributed by atoms with Crippen molar-refractivity contribution < 1.29 is 9.47 Å². The van der Waals surface area contributed by atoms with Crippen molar-refractivity contribution in [1.82, 2.24) is 14.9 Å². The molecule has 0 spiro atoms. The highest BCUT2D eigenvalue weighted by molar-refractivity contribution is 5.61. The highest BCUT2D eigenvalue weighted by Gasteiger charge is 2.13. The van der Waals surface area contributed by atoms with Crippen LogP contribution in [-0.2, 0) is 6.54 Å². The standard InChI is InChI=1S/C22H25N5O2/c1-27(2)11-10-23-20-13-21(26-22(25-20)17-6-4-3-5-7-17)24-14-16-8-9-18-19(12-16)29-15-28-18/h3-9,12-13H,10-11,14-15H2,1-2H3,(H2,23,24,25,26). The zero-order chi connectivity index (χ0) is 20.1. The molecule has 29 heavy (non-hydrogen) atoms. The van der Waals surface area contributed by atoms with Gasteiger partial charge in [0.1, 0.15) is 11.6 Å². The Labute approximate surface area is 170 Å². The molecule has 2 aromatic carbocycles. The molecule has 1 aliphatic rings. The van der Waals surface area contributed by atoms with Crippen LogP contribution in [-0.4, -0.2) is 48.8 Å². The molecule has 1 aliphatic heterocycles. The molecule has 7 nitrogen and oxygen atoms in total.